The van der Waals surface area contributed by atoms with E-state index in [-0.39, 0.29) is 0 Å². The lowest BCUT2D eigenvalue weighted by molar-refractivity contribution is 0.363. The van der Waals surface area contributed by atoms with Crippen LogP contribution in [0, 0.1) is 11.3 Å². The first kappa shape index (κ1) is 14.5. The normalized spacial score (nSPS) is 11.0. The predicted molar refractivity (Wildman–Crippen MR) is 59.2 cm³/mol. The molecule has 0 fully saturated rings. The first-order valence-electron chi connectivity index (χ1n) is 5.06. The van der Waals surface area contributed by atoms with Crippen molar-refractivity contribution in [2.45, 2.75) is 67.7 Å². The number of rotatable bonds is 2. The molecule has 0 spiro atoms. The van der Waals surface area contributed by atoms with Crippen LogP contribution in [-0.2, 0) is 0 Å². The average Bonchev–Trinajstić information content (AvgIpc) is 1.80. The van der Waals surface area contributed by atoms with E-state index in [4.69, 9.17) is 0 Å². The van der Waals surface area contributed by atoms with E-state index < -0.39 is 0 Å². The molecule has 0 saturated carbocycles. The van der Waals surface area contributed by atoms with Gasteiger partial charge in [0.1, 0.15) is 0 Å². The maximum Gasteiger partial charge on any atom is -0.0334 e. The summed E-state index contributed by atoms with van der Waals surface area (Å²) >= 11 is 0. The molecule has 0 amide bonds. The van der Waals surface area contributed by atoms with Crippen molar-refractivity contribution in [1.82, 2.24) is 0 Å². The molecule has 0 heteroatoms. The van der Waals surface area contributed by atoms with Crippen molar-refractivity contribution in [3.63, 3.8) is 0 Å². The molecule has 0 aliphatic heterocycles. The summed E-state index contributed by atoms with van der Waals surface area (Å²) in [6, 6.07) is 0. The number of hydrogen-bond acceptors (Lipinski definition) is 0. The molecule has 0 aromatic carbocycles. The summed E-state index contributed by atoms with van der Waals surface area (Å²) in [6.07, 6.45) is 4.07. The van der Waals surface area contributed by atoms with E-state index in [2.05, 4.69) is 48.5 Å². The van der Waals surface area contributed by atoms with Crippen LogP contribution in [0.4, 0.5) is 0 Å². The van der Waals surface area contributed by atoms with E-state index in [1.54, 1.807) is 0 Å². The number of hydrogen-bond donors (Lipinski definition) is 0. The van der Waals surface area contributed by atoms with Gasteiger partial charge in [-0.2, -0.15) is 0 Å². The highest BCUT2D eigenvalue weighted by atomic mass is 14.1. The highest BCUT2D eigenvalue weighted by Crippen LogP contribution is 2.20. The van der Waals surface area contributed by atoms with E-state index in [0.717, 1.165) is 0 Å². The predicted octanol–water partition coefficient (Wildman–Crippen LogP) is 4.84. The van der Waals surface area contributed by atoms with Gasteiger partial charge in [0.05, 0.1) is 0 Å². The van der Waals surface area contributed by atoms with Crippen LogP contribution < -0.4 is 0 Å². The van der Waals surface area contributed by atoms with Crippen molar-refractivity contribution >= 4 is 0 Å². The highest BCUT2D eigenvalue weighted by molar-refractivity contribution is 4.65. The van der Waals surface area contributed by atoms with Crippen LogP contribution in [0.1, 0.15) is 67.7 Å². The van der Waals surface area contributed by atoms with Gasteiger partial charge in [-0.25, -0.2) is 0 Å². The van der Waals surface area contributed by atoms with E-state index in [0.29, 0.717) is 5.41 Å². The van der Waals surface area contributed by atoms with Gasteiger partial charge in [0, 0.05) is 0 Å². The molecule has 0 aromatic rings. The molecule has 0 rings (SSSR count). The van der Waals surface area contributed by atoms with Gasteiger partial charge in [-0.15, -0.1) is 0 Å². The van der Waals surface area contributed by atoms with E-state index in [1.165, 1.54) is 25.2 Å². The van der Waals surface area contributed by atoms with E-state index in [1.807, 2.05) is 0 Å². The van der Waals surface area contributed by atoms with Crippen LogP contribution in [0.25, 0.3) is 0 Å². The summed E-state index contributed by atoms with van der Waals surface area (Å²) in [5.41, 5.74) is 0.552. The van der Waals surface area contributed by atoms with Crippen molar-refractivity contribution in [3.8, 4) is 0 Å². The quantitative estimate of drug-likeness (QED) is 0.557. The number of unbranched alkanes of at least 4 members (excludes halogenated alkanes) is 1. The van der Waals surface area contributed by atoms with Gasteiger partial charge in [-0.3, -0.25) is 0 Å². The zero-order valence-corrected chi connectivity index (χ0v) is 10.1. The summed E-state index contributed by atoms with van der Waals surface area (Å²) in [5, 5.41) is 0. The van der Waals surface area contributed by atoms with Gasteiger partial charge >= 0.3 is 0 Å². The molecule has 12 heavy (non-hydrogen) atoms. The molecular formula is C12H27. The third-order valence-electron chi connectivity index (χ3n) is 1.28. The summed E-state index contributed by atoms with van der Waals surface area (Å²) in [6.45, 7) is 15.4. The van der Waals surface area contributed by atoms with Crippen molar-refractivity contribution in [2.24, 2.45) is 5.41 Å². The molecule has 0 heterocycles. The zero-order chi connectivity index (χ0) is 10.2. The van der Waals surface area contributed by atoms with Crippen LogP contribution >= 0.6 is 0 Å². The van der Waals surface area contributed by atoms with Crippen LogP contribution in [0.2, 0.25) is 0 Å². The van der Waals surface area contributed by atoms with Gasteiger partial charge in [-0.05, 0) is 17.8 Å². The van der Waals surface area contributed by atoms with Gasteiger partial charge in [0.15, 0.2) is 0 Å². The average molecular weight is 171 g/mol. The summed E-state index contributed by atoms with van der Waals surface area (Å²) in [7, 11) is 0. The van der Waals surface area contributed by atoms with Gasteiger partial charge < -0.3 is 0 Å². The molecule has 0 saturated heterocycles. The Labute approximate surface area is 79.8 Å². The summed E-state index contributed by atoms with van der Waals surface area (Å²) in [4.78, 5) is 0. The van der Waals surface area contributed by atoms with E-state index in [9.17, 15) is 0 Å². The first-order chi connectivity index (χ1) is 5.29. The Balaban J connectivity index is 0. The second-order valence-corrected chi connectivity index (χ2v) is 5.16. The summed E-state index contributed by atoms with van der Waals surface area (Å²) < 4.78 is 0. The minimum atomic E-state index is 0.552. The maximum atomic E-state index is 2.29. The lowest BCUT2D eigenvalue weighted by Gasteiger charge is -2.16. The lowest BCUT2D eigenvalue weighted by Crippen LogP contribution is -2.03. The van der Waals surface area contributed by atoms with Crippen molar-refractivity contribution in [1.29, 1.82) is 0 Å². The minimum absolute atomic E-state index is 0.552. The zero-order valence-electron chi connectivity index (χ0n) is 10.1. The van der Waals surface area contributed by atoms with Crippen LogP contribution in [0.5, 0.6) is 0 Å². The monoisotopic (exact) mass is 171 g/mol. The van der Waals surface area contributed by atoms with Gasteiger partial charge in [0.2, 0.25) is 0 Å². The van der Waals surface area contributed by atoms with Gasteiger partial charge in [0.25, 0.3) is 0 Å². The minimum Gasteiger partial charge on any atom is -0.0654 e. The Morgan fingerprint density at radius 1 is 1.00 bits per heavy atom. The smallest absolute Gasteiger partial charge is 0.0334 e. The molecule has 0 bridgehead atoms. The van der Waals surface area contributed by atoms with Crippen molar-refractivity contribution in [2.75, 3.05) is 0 Å². The Kier molecular flexibility index (Phi) is 9.24. The molecule has 0 atom stereocenters. The molecule has 1 radical (unpaired) electrons. The lowest BCUT2D eigenvalue weighted by atomic mass is 9.90. The van der Waals surface area contributed by atoms with Gasteiger partial charge in [-0.1, -0.05) is 61.3 Å². The molecule has 0 nitrogen and oxygen atoms in total. The fraction of sp³-hybridized carbons (Fsp3) is 0.917. The fourth-order valence-electron chi connectivity index (χ4n) is 0.707. The van der Waals surface area contributed by atoms with Crippen molar-refractivity contribution in [3.05, 3.63) is 5.92 Å². The Morgan fingerprint density at radius 2 is 1.33 bits per heavy atom. The second kappa shape index (κ2) is 7.64. The third kappa shape index (κ3) is 32.4. The standard InChI is InChI=1S/C8H18.C4H9/c1-5-6-7-8(2,3)4;1-4(2)3/h5-7H2,1-4H3;1-3H3. The maximum absolute atomic E-state index is 2.29. The van der Waals surface area contributed by atoms with Crippen LogP contribution in [0.15, 0.2) is 0 Å². The SMILES string of the molecule is CCCCC(C)(C)C.C[C](C)C. The van der Waals surface area contributed by atoms with Crippen LogP contribution in [-0.4, -0.2) is 0 Å². The molecular weight excluding hydrogens is 144 g/mol. The molecule has 0 N–H and O–H groups in total. The van der Waals surface area contributed by atoms with Crippen molar-refractivity contribution < 1.29 is 0 Å². The molecule has 0 unspecified atom stereocenters. The van der Waals surface area contributed by atoms with Crippen LogP contribution in [0.3, 0.4) is 0 Å². The Bertz CT molecular complexity index is 71.8. The highest BCUT2D eigenvalue weighted by Gasteiger charge is 2.07. The molecule has 0 aliphatic carbocycles. The van der Waals surface area contributed by atoms with E-state index >= 15 is 0 Å². The Hall–Kier alpha value is 0. The second-order valence-electron chi connectivity index (χ2n) is 5.16. The largest absolute Gasteiger partial charge is 0.0654 e. The molecule has 0 aliphatic rings. The molecule has 0 aromatic heterocycles. The Morgan fingerprint density at radius 3 is 1.42 bits per heavy atom. The fourth-order valence-corrected chi connectivity index (χ4v) is 0.707. The molecule has 75 valence electrons. The third-order valence-corrected chi connectivity index (χ3v) is 1.28. The topological polar surface area (TPSA) is 0 Å². The first-order valence-corrected chi connectivity index (χ1v) is 5.06. The summed E-state index contributed by atoms with van der Waals surface area (Å²) in [5.74, 6) is 1.42.